The summed E-state index contributed by atoms with van der Waals surface area (Å²) in [6.45, 7) is 6.15. The Hall–Kier alpha value is -3.16. The molecule has 0 atom stereocenters. The average molecular weight is 430 g/mol. The maximum Gasteiger partial charge on any atom is 0.586 e. The van der Waals surface area contributed by atoms with Crippen molar-refractivity contribution in [1.29, 1.82) is 0 Å². The summed E-state index contributed by atoms with van der Waals surface area (Å²) in [6.07, 6.45) is -2.67. The summed E-state index contributed by atoms with van der Waals surface area (Å²) in [4.78, 5) is 16.3. The van der Waals surface area contributed by atoms with E-state index in [2.05, 4.69) is 40.5 Å². The lowest BCUT2D eigenvalue weighted by Gasteiger charge is -2.16. The van der Waals surface area contributed by atoms with Gasteiger partial charge in [-0.25, -0.2) is 4.39 Å². The zero-order chi connectivity index (χ0) is 22.2. The quantitative estimate of drug-likeness (QED) is 0.569. The topological polar surface area (TPSA) is 63.4 Å². The highest BCUT2D eigenvalue weighted by Gasteiger charge is 2.53. The van der Waals surface area contributed by atoms with Gasteiger partial charge in [-0.2, -0.15) is 0 Å². The zero-order valence-corrected chi connectivity index (χ0v) is 17.2. The van der Waals surface area contributed by atoms with E-state index in [1.54, 1.807) is 12.1 Å². The van der Waals surface area contributed by atoms with Crippen molar-refractivity contribution in [3.05, 3.63) is 53.5 Å². The number of fused-ring (bicyclic) bond motifs is 2. The van der Waals surface area contributed by atoms with E-state index < -0.39 is 17.5 Å². The number of rotatable bonds is 3. The molecule has 0 unspecified atom stereocenters. The second kappa shape index (κ2) is 6.18. The van der Waals surface area contributed by atoms with Crippen molar-refractivity contribution >= 4 is 22.5 Å². The average Bonchev–Trinajstić information content (AvgIpc) is 3.27. The Labute approximate surface area is 176 Å². The molecule has 162 valence electrons. The van der Waals surface area contributed by atoms with Crippen LogP contribution in [0.1, 0.15) is 44.9 Å². The lowest BCUT2D eigenvalue weighted by Crippen LogP contribution is -2.28. The van der Waals surface area contributed by atoms with E-state index in [1.807, 2.05) is 6.07 Å². The van der Waals surface area contributed by atoms with E-state index in [9.17, 15) is 18.0 Å². The number of H-pyrrole nitrogens is 1. The molecule has 2 aliphatic rings. The molecular weight excluding hydrogens is 409 g/mol. The van der Waals surface area contributed by atoms with Crippen LogP contribution in [-0.2, 0) is 15.6 Å². The summed E-state index contributed by atoms with van der Waals surface area (Å²) in [5, 5.41) is 3.48. The van der Waals surface area contributed by atoms with Gasteiger partial charge < -0.3 is 19.8 Å². The molecule has 8 heteroatoms. The molecular formula is C23H21F3N2O3. The van der Waals surface area contributed by atoms with E-state index in [4.69, 9.17) is 0 Å². The van der Waals surface area contributed by atoms with Crippen molar-refractivity contribution < 1.29 is 27.4 Å². The summed E-state index contributed by atoms with van der Waals surface area (Å²) in [5.74, 6) is -1.13. The van der Waals surface area contributed by atoms with E-state index in [0.717, 1.165) is 11.1 Å². The van der Waals surface area contributed by atoms with Crippen LogP contribution in [0.3, 0.4) is 0 Å². The molecule has 31 heavy (non-hydrogen) atoms. The SMILES string of the molecule is CC(C)(C)c1cc2cc(NC(=O)C3(c4ccc5c(c4)OC(F)(F)O5)CC3)c(F)cc2[nH]1. The van der Waals surface area contributed by atoms with Gasteiger partial charge in [-0.15, -0.1) is 8.78 Å². The summed E-state index contributed by atoms with van der Waals surface area (Å²) in [7, 11) is 0. The molecule has 0 saturated heterocycles. The van der Waals surface area contributed by atoms with Crippen LogP contribution in [0.15, 0.2) is 36.4 Å². The van der Waals surface area contributed by atoms with Crippen molar-refractivity contribution in [1.82, 2.24) is 4.98 Å². The minimum atomic E-state index is -3.72. The fourth-order valence-corrected chi connectivity index (χ4v) is 3.91. The molecule has 2 heterocycles. The summed E-state index contributed by atoms with van der Waals surface area (Å²) in [6, 6.07) is 9.23. The minimum Gasteiger partial charge on any atom is -0.395 e. The number of aromatic amines is 1. The third-order valence-electron chi connectivity index (χ3n) is 5.90. The van der Waals surface area contributed by atoms with Gasteiger partial charge in [-0.05, 0) is 42.7 Å². The van der Waals surface area contributed by atoms with Gasteiger partial charge in [0.05, 0.1) is 11.1 Å². The number of benzene rings is 2. The van der Waals surface area contributed by atoms with Gasteiger partial charge in [0.1, 0.15) is 5.82 Å². The molecule has 2 aromatic carbocycles. The Morgan fingerprint density at radius 3 is 2.45 bits per heavy atom. The number of ether oxygens (including phenoxy) is 2. The number of alkyl halides is 2. The Morgan fingerprint density at radius 2 is 1.77 bits per heavy atom. The van der Waals surface area contributed by atoms with Crippen LogP contribution in [0.2, 0.25) is 0 Å². The number of halogens is 3. The molecule has 1 fully saturated rings. The van der Waals surface area contributed by atoms with E-state index in [0.29, 0.717) is 23.9 Å². The zero-order valence-electron chi connectivity index (χ0n) is 17.2. The molecule has 1 aliphatic carbocycles. The summed E-state index contributed by atoms with van der Waals surface area (Å²) < 4.78 is 50.2. The van der Waals surface area contributed by atoms with Crippen LogP contribution in [0.25, 0.3) is 10.9 Å². The minimum absolute atomic E-state index is 0.0792. The highest BCUT2D eigenvalue weighted by molar-refractivity contribution is 6.02. The molecule has 1 aliphatic heterocycles. The van der Waals surface area contributed by atoms with E-state index in [1.165, 1.54) is 18.2 Å². The predicted molar refractivity (Wildman–Crippen MR) is 109 cm³/mol. The Morgan fingerprint density at radius 1 is 1.06 bits per heavy atom. The van der Waals surface area contributed by atoms with Crippen molar-refractivity contribution in [3.8, 4) is 11.5 Å². The van der Waals surface area contributed by atoms with Gasteiger partial charge in [0.2, 0.25) is 5.91 Å². The largest absolute Gasteiger partial charge is 0.586 e. The fourth-order valence-electron chi connectivity index (χ4n) is 3.91. The first-order chi connectivity index (χ1) is 14.5. The first-order valence-electron chi connectivity index (χ1n) is 10.0. The Kier molecular flexibility index (Phi) is 3.95. The number of hydrogen-bond acceptors (Lipinski definition) is 3. The molecule has 1 aromatic heterocycles. The van der Waals surface area contributed by atoms with Gasteiger partial charge in [0.25, 0.3) is 0 Å². The monoisotopic (exact) mass is 430 g/mol. The second-order valence-electron chi connectivity index (χ2n) is 9.22. The molecule has 2 N–H and O–H groups in total. The molecule has 0 radical (unpaired) electrons. The van der Waals surface area contributed by atoms with Gasteiger partial charge in [0, 0.05) is 28.1 Å². The number of carbonyl (C=O) groups excluding carboxylic acids is 1. The highest BCUT2D eigenvalue weighted by Crippen LogP contribution is 2.52. The third kappa shape index (κ3) is 3.30. The van der Waals surface area contributed by atoms with E-state index in [-0.39, 0.29) is 28.5 Å². The van der Waals surface area contributed by atoms with Crippen LogP contribution < -0.4 is 14.8 Å². The number of anilines is 1. The number of nitrogens with one attached hydrogen (secondary N) is 2. The maximum atomic E-state index is 14.7. The third-order valence-corrected chi connectivity index (χ3v) is 5.90. The molecule has 0 spiro atoms. The number of amides is 1. The van der Waals surface area contributed by atoms with Gasteiger partial charge in [-0.1, -0.05) is 26.8 Å². The lowest BCUT2D eigenvalue weighted by atomic mass is 9.92. The van der Waals surface area contributed by atoms with Crippen molar-refractivity contribution in [3.63, 3.8) is 0 Å². The summed E-state index contributed by atoms with van der Waals surface area (Å²) in [5.41, 5.74) is 1.18. The van der Waals surface area contributed by atoms with Crippen LogP contribution in [0.5, 0.6) is 11.5 Å². The first-order valence-corrected chi connectivity index (χ1v) is 10.0. The van der Waals surface area contributed by atoms with Crippen LogP contribution >= 0.6 is 0 Å². The number of hydrogen-bond donors (Lipinski definition) is 2. The van der Waals surface area contributed by atoms with Gasteiger partial charge in [-0.3, -0.25) is 4.79 Å². The highest BCUT2D eigenvalue weighted by atomic mass is 19.3. The maximum absolute atomic E-state index is 14.7. The standard InChI is InChI=1S/C23H21F3N2O3/c1-21(2,3)19-9-12-8-16(14(24)11-15(12)27-19)28-20(29)22(6-7-22)13-4-5-17-18(10-13)31-23(25,26)30-17/h4-5,8-11,27H,6-7H2,1-3H3,(H,28,29). The smallest absolute Gasteiger partial charge is 0.395 e. The number of aromatic nitrogens is 1. The van der Waals surface area contributed by atoms with Crippen LogP contribution in [-0.4, -0.2) is 17.2 Å². The molecule has 5 nitrogen and oxygen atoms in total. The summed E-state index contributed by atoms with van der Waals surface area (Å²) >= 11 is 0. The molecule has 1 saturated carbocycles. The van der Waals surface area contributed by atoms with Gasteiger partial charge in [0.15, 0.2) is 11.5 Å². The first kappa shape index (κ1) is 19.8. The Bertz CT molecular complexity index is 1220. The molecule has 1 amide bonds. The molecule has 3 aromatic rings. The van der Waals surface area contributed by atoms with Crippen molar-refractivity contribution in [2.24, 2.45) is 0 Å². The van der Waals surface area contributed by atoms with Crippen LogP contribution in [0, 0.1) is 5.82 Å². The number of carbonyl (C=O) groups is 1. The predicted octanol–water partition coefficient (Wildman–Crippen LogP) is 5.60. The van der Waals surface area contributed by atoms with Crippen LogP contribution in [0.4, 0.5) is 18.9 Å². The normalized spacial score (nSPS) is 18.3. The molecule has 5 rings (SSSR count). The van der Waals surface area contributed by atoms with E-state index >= 15 is 0 Å². The van der Waals surface area contributed by atoms with Gasteiger partial charge >= 0.3 is 6.29 Å². The molecule has 0 bridgehead atoms. The van der Waals surface area contributed by atoms with Crippen molar-refractivity contribution in [2.45, 2.75) is 50.7 Å². The van der Waals surface area contributed by atoms with Crippen molar-refractivity contribution in [2.75, 3.05) is 5.32 Å². The Balaban J connectivity index is 1.43. The lowest BCUT2D eigenvalue weighted by molar-refractivity contribution is -0.286. The second-order valence-corrected chi connectivity index (χ2v) is 9.22. The fraction of sp³-hybridized carbons (Fsp3) is 0.348.